The van der Waals surface area contributed by atoms with Gasteiger partial charge in [-0.2, -0.15) is 0 Å². The second-order valence-electron chi connectivity index (χ2n) is 3.29. The lowest BCUT2D eigenvalue weighted by Crippen LogP contribution is -2.38. The molecular formula is C9H14BrN3O2S. The Bertz CT molecular complexity index is 339. The van der Waals surface area contributed by atoms with Crippen molar-refractivity contribution in [3.63, 3.8) is 0 Å². The number of halogens is 1. The number of nitrogens with one attached hydrogen (secondary N) is 1. The molecule has 90 valence electrons. The van der Waals surface area contributed by atoms with Crippen LogP contribution >= 0.6 is 27.5 Å². The van der Waals surface area contributed by atoms with Crippen molar-refractivity contribution >= 4 is 33.4 Å². The first-order valence-corrected chi connectivity index (χ1v) is 6.73. The van der Waals surface area contributed by atoms with Crippen LogP contribution in [0, 0.1) is 6.92 Å². The normalized spacial score (nSPS) is 12.4. The van der Waals surface area contributed by atoms with Gasteiger partial charge in [-0.3, -0.25) is 4.79 Å². The molecule has 0 radical (unpaired) electrons. The second-order valence-corrected chi connectivity index (χ2v) is 4.84. The van der Waals surface area contributed by atoms with E-state index in [1.54, 1.807) is 14.0 Å². The Morgan fingerprint density at radius 3 is 2.94 bits per heavy atom. The van der Waals surface area contributed by atoms with Crippen molar-refractivity contribution in [3.8, 4) is 0 Å². The molecule has 1 aromatic heterocycles. The standard InChI is InChI=1S/C9H14BrN3O2S/c1-6-8(16-13-12-6)9(14)11-7(3-4-10)5-15-2/h7H,3-5H2,1-2H3,(H,11,14). The van der Waals surface area contributed by atoms with Crippen molar-refractivity contribution in [2.75, 3.05) is 19.0 Å². The Kier molecular flexibility index (Phi) is 5.86. The van der Waals surface area contributed by atoms with E-state index in [-0.39, 0.29) is 11.9 Å². The highest BCUT2D eigenvalue weighted by molar-refractivity contribution is 9.09. The number of hydrogen-bond donors (Lipinski definition) is 1. The van der Waals surface area contributed by atoms with E-state index < -0.39 is 0 Å². The van der Waals surface area contributed by atoms with Gasteiger partial charge in [-0.05, 0) is 24.9 Å². The summed E-state index contributed by atoms with van der Waals surface area (Å²) in [5.41, 5.74) is 0.664. The minimum atomic E-state index is -0.129. The fourth-order valence-corrected chi connectivity index (χ4v) is 2.33. The number of rotatable bonds is 6. The third kappa shape index (κ3) is 3.80. The molecule has 0 saturated carbocycles. The maximum Gasteiger partial charge on any atom is 0.265 e. The van der Waals surface area contributed by atoms with Crippen LogP contribution in [0.2, 0.25) is 0 Å². The van der Waals surface area contributed by atoms with Crippen LogP contribution in [0.4, 0.5) is 0 Å². The highest BCUT2D eigenvalue weighted by Gasteiger charge is 2.17. The van der Waals surface area contributed by atoms with E-state index in [1.807, 2.05) is 0 Å². The Hall–Kier alpha value is -0.530. The highest BCUT2D eigenvalue weighted by atomic mass is 79.9. The first-order valence-electron chi connectivity index (χ1n) is 4.83. The topological polar surface area (TPSA) is 64.1 Å². The van der Waals surface area contributed by atoms with Gasteiger partial charge in [0.2, 0.25) is 0 Å². The molecule has 1 unspecified atom stereocenters. The van der Waals surface area contributed by atoms with Crippen LogP contribution in [0.5, 0.6) is 0 Å². The van der Waals surface area contributed by atoms with Crippen LogP contribution in [0.1, 0.15) is 21.8 Å². The number of aromatic nitrogens is 2. The summed E-state index contributed by atoms with van der Waals surface area (Å²) in [7, 11) is 1.62. The Morgan fingerprint density at radius 1 is 1.69 bits per heavy atom. The number of ether oxygens (including phenoxy) is 1. The highest BCUT2D eigenvalue weighted by Crippen LogP contribution is 2.09. The molecule has 0 saturated heterocycles. The zero-order chi connectivity index (χ0) is 12.0. The molecule has 0 aliphatic rings. The van der Waals surface area contributed by atoms with Crippen LogP contribution in [0.3, 0.4) is 0 Å². The van der Waals surface area contributed by atoms with Crippen LogP contribution in [0.15, 0.2) is 0 Å². The molecule has 0 aliphatic heterocycles. The summed E-state index contributed by atoms with van der Waals surface area (Å²) in [6, 6.07) is 0.0124. The lowest BCUT2D eigenvalue weighted by Gasteiger charge is -2.16. The molecule has 1 aromatic rings. The number of carbonyl (C=O) groups excluding carboxylic acids is 1. The minimum absolute atomic E-state index is 0.0124. The van der Waals surface area contributed by atoms with E-state index in [0.717, 1.165) is 23.3 Å². The van der Waals surface area contributed by atoms with Crippen LogP contribution < -0.4 is 5.32 Å². The zero-order valence-corrected chi connectivity index (χ0v) is 11.6. The molecule has 1 atom stereocenters. The van der Waals surface area contributed by atoms with Crippen LogP contribution in [0.25, 0.3) is 0 Å². The summed E-state index contributed by atoms with van der Waals surface area (Å²) in [6.45, 7) is 2.27. The van der Waals surface area contributed by atoms with Gasteiger partial charge in [0.15, 0.2) is 0 Å². The van der Waals surface area contributed by atoms with E-state index in [0.29, 0.717) is 17.2 Å². The third-order valence-corrected chi connectivity index (χ3v) is 3.30. The van der Waals surface area contributed by atoms with Crippen LogP contribution in [-0.2, 0) is 4.74 Å². The molecule has 1 amide bonds. The van der Waals surface area contributed by atoms with Crippen LogP contribution in [-0.4, -0.2) is 40.6 Å². The van der Waals surface area contributed by atoms with E-state index in [4.69, 9.17) is 4.74 Å². The van der Waals surface area contributed by atoms with Crippen molar-refractivity contribution in [1.82, 2.24) is 14.9 Å². The summed E-state index contributed by atoms with van der Waals surface area (Å²) in [6.07, 6.45) is 0.824. The molecule has 0 spiro atoms. The molecule has 7 heteroatoms. The Morgan fingerprint density at radius 2 is 2.44 bits per heavy atom. The van der Waals surface area contributed by atoms with Gasteiger partial charge in [-0.15, -0.1) is 5.10 Å². The molecule has 0 fully saturated rings. The predicted molar refractivity (Wildman–Crippen MR) is 66.2 cm³/mol. The first kappa shape index (κ1) is 13.5. The van der Waals surface area contributed by atoms with Crippen molar-refractivity contribution < 1.29 is 9.53 Å². The number of nitrogens with zero attached hydrogens (tertiary/aromatic N) is 2. The maximum atomic E-state index is 11.8. The molecular weight excluding hydrogens is 294 g/mol. The Labute approximate surface area is 107 Å². The average Bonchev–Trinajstić information content (AvgIpc) is 2.65. The van der Waals surface area contributed by atoms with Gasteiger partial charge in [0.05, 0.1) is 18.3 Å². The monoisotopic (exact) mass is 307 g/mol. The van der Waals surface area contributed by atoms with E-state index in [9.17, 15) is 4.79 Å². The number of alkyl halides is 1. The summed E-state index contributed by atoms with van der Waals surface area (Å²) in [4.78, 5) is 12.4. The largest absolute Gasteiger partial charge is 0.383 e. The van der Waals surface area contributed by atoms with Gasteiger partial charge in [0, 0.05) is 12.4 Å². The predicted octanol–water partition coefficient (Wildman–Crippen LogP) is 1.38. The van der Waals surface area contributed by atoms with Gasteiger partial charge >= 0.3 is 0 Å². The number of carbonyl (C=O) groups is 1. The molecule has 0 bridgehead atoms. The van der Waals surface area contributed by atoms with Crippen molar-refractivity contribution in [1.29, 1.82) is 0 Å². The second kappa shape index (κ2) is 6.93. The third-order valence-electron chi connectivity index (χ3n) is 2.02. The van der Waals surface area contributed by atoms with Crippen molar-refractivity contribution in [3.05, 3.63) is 10.6 Å². The van der Waals surface area contributed by atoms with Crippen molar-refractivity contribution in [2.45, 2.75) is 19.4 Å². The Balaban J connectivity index is 2.58. The molecule has 16 heavy (non-hydrogen) atoms. The molecule has 0 aliphatic carbocycles. The fourth-order valence-electron chi connectivity index (χ4n) is 1.22. The fraction of sp³-hybridized carbons (Fsp3) is 0.667. The maximum absolute atomic E-state index is 11.8. The van der Waals surface area contributed by atoms with E-state index in [1.165, 1.54) is 0 Å². The van der Waals surface area contributed by atoms with Gasteiger partial charge in [0.1, 0.15) is 4.88 Å². The van der Waals surface area contributed by atoms with Gasteiger partial charge < -0.3 is 10.1 Å². The number of amides is 1. The number of aryl methyl sites for hydroxylation is 1. The quantitative estimate of drug-likeness (QED) is 0.806. The molecule has 1 rings (SSSR count). The molecule has 1 N–H and O–H groups in total. The summed E-state index contributed by atoms with van der Waals surface area (Å²) in [5.74, 6) is -0.129. The average molecular weight is 308 g/mol. The molecule has 5 nitrogen and oxygen atoms in total. The lowest BCUT2D eigenvalue weighted by molar-refractivity contribution is 0.0898. The number of methoxy groups -OCH3 is 1. The zero-order valence-electron chi connectivity index (χ0n) is 9.20. The smallest absolute Gasteiger partial charge is 0.265 e. The molecule has 0 aromatic carbocycles. The number of hydrogen-bond acceptors (Lipinski definition) is 5. The first-order chi connectivity index (χ1) is 7.69. The van der Waals surface area contributed by atoms with Gasteiger partial charge in [0.25, 0.3) is 5.91 Å². The van der Waals surface area contributed by atoms with Crippen molar-refractivity contribution in [2.24, 2.45) is 0 Å². The van der Waals surface area contributed by atoms with Gasteiger partial charge in [-0.25, -0.2) is 0 Å². The summed E-state index contributed by atoms with van der Waals surface area (Å²) in [5, 5.41) is 7.52. The minimum Gasteiger partial charge on any atom is -0.383 e. The summed E-state index contributed by atoms with van der Waals surface area (Å²) < 4.78 is 8.77. The van der Waals surface area contributed by atoms with Gasteiger partial charge in [-0.1, -0.05) is 20.4 Å². The SMILES string of the molecule is COCC(CCBr)NC(=O)c1snnc1C. The van der Waals surface area contributed by atoms with E-state index in [2.05, 4.69) is 30.8 Å². The lowest BCUT2D eigenvalue weighted by atomic mass is 10.2. The molecule has 1 heterocycles. The van der Waals surface area contributed by atoms with E-state index >= 15 is 0 Å². The summed E-state index contributed by atoms with van der Waals surface area (Å²) >= 11 is 4.45.